The molecule has 2 aromatic rings. The zero-order valence-corrected chi connectivity index (χ0v) is 13.3. The fourth-order valence-electron chi connectivity index (χ4n) is 3.42. The van der Waals surface area contributed by atoms with Crippen LogP contribution in [0, 0.1) is 5.92 Å². The second-order valence-electron chi connectivity index (χ2n) is 6.33. The third-order valence-electron chi connectivity index (χ3n) is 4.50. The second kappa shape index (κ2) is 6.28. The summed E-state index contributed by atoms with van der Waals surface area (Å²) in [4.78, 5) is 14.5. The zero-order valence-electron chi connectivity index (χ0n) is 13.3. The first-order chi connectivity index (χ1) is 10.6. The van der Waals surface area contributed by atoms with E-state index < -0.39 is 5.72 Å². The molecule has 5 nitrogen and oxygen atoms in total. The average molecular weight is 300 g/mol. The highest BCUT2D eigenvalue weighted by Crippen LogP contribution is 2.39. The number of fused-ring (bicyclic) bond motifs is 1. The molecule has 3 rings (SSSR count). The van der Waals surface area contributed by atoms with Crippen LogP contribution in [0.4, 0.5) is 0 Å². The molecule has 1 aliphatic rings. The average Bonchev–Trinajstić information content (AvgIpc) is 2.54. The van der Waals surface area contributed by atoms with E-state index in [-0.39, 0.29) is 0 Å². The molecule has 0 bridgehead atoms. The second-order valence-corrected chi connectivity index (χ2v) is 6.33. The molecule has 5 heteroatoms. The molecule has 22 heavy (non-hydrogen) atoms. The Kier molecular flexibility index (Phi) is 4.38. The van der Waals surface area contributed by atoms with E-state index in [0.29, 0.717) is 5.92 Å². The maximum atomic E-state index is 6.78. The van der Waals surface area contributed by atoms with E-state index in [1.807, 2.05) is 32.4 Å². The van der Waals surface area contributed by atoms with Gasteiger partial charge >= 0.3 is 0 Å². The maximum absolute atomic E-state index is 6.78. The number of hydrogen-bond acceptors (Lipinski definition) is 5. The molecule has 1 aromatic carbocycles. The summed E-state index contributed by atoms with van der Waals surface area (Å²) in [5.74, 6) is 0.325. The van der Waals surface area contributed by atoms with E-state index in [0.717, 1.165) is 29.3 Å². The standard InChI is InChI=1S/C17H24N4O/c1-21(2)22-17(18,14-6-4-3-5-7-14)15-8-9-16-13(10-15)11-19-12-20-16/h8-12,14H,3-7,18H2,1-2H3. The summed E-state index contributed by atoms with van der Waals surface area (Å²) in [5, 5.41) is 2.70. The lowest BCUT2D eigenvalue weighted by Crippen LogP contribution is -2.50. The molecule has 0 amide bonds. The van der Waals surface area contributed by atoms with Crippen molar-refractivity contribution < 1.29 is 4.84 Å². The highest BCUT2D eigenvalue weighted by molar-refractivity contribution is 5.78. The van der Waals surface area contributed by atoms with Crippen LogP contribution in [0.2, 0.25) is 0 Å². The first-order valence-corrected chi connectivity index (χ1v) is 7.95. The molecule has 1 aromatic heterocycles. The van der Waals surface area contributed by atoms with Crippen molar-refractivity contribution in [3.8, 4) is 0 Å². The van der Waals surface area contributed by atoms with E-state index in [9.17, 15) is 0 Å². The molecule has 0 aliphatic heterocycles. The van der Waals surface area contributed by atoms with Crippen LogP contribution in [-0.2, 0) is 10.6 Å². The molecule has 1 fully saturated rings. The molecule has 1 heterocycles. The Morgan fingerprint density at radius 2 is 2.00 bits per heavy atom. The van der Waals surface area contributed by atoms with Crippen molar-refractivity contribution in [3.05, 3.63) is 36.3 Å². The molecule has 1 aliphatic carbocycles. The third kappa shape index (κ3) is 2.97. The van der Waals surface area contributed by atoms with Crippen molar-refractivity contribution in [3.63, 3.8) is 0 Å². The lowest BCUT2D eigenvalue weighted by atomic mass is 9.78. The van der Waals surface area contributed by atoms with Crippen molar-refractivity contribution in [1.82, 2.24) is 15.0 Å². The first kappa shape index (κ1) is 15.3. The van der Waals surface area contributed by atoms with Gasteiger partial charge in [-0.15, -0.1) is 0 Å². The van der Waals surface area contributed by atoms with Crippen molar-refractivity contribution in [1.29, 1.82) is 0 Å². The Morgan fingerprint density at radius 3 is 2.73 bits per heavy atom. The van der Waals surface area contributed by atoms with Crippen LogP contribution in [0.3, 0.4) is 0 Å². The van der Waals surface area contributed by atoms with Gasteiger partial charge in [-0.1, -0.05) is 25.3 Å². The van der Waals surface area contributed by atoms with Gasteiger partial charge in [0.05, 0.1) is 5.52 Å². The van der Waals surface area contributed by atoms with Crippen LogP contribution < -0.4 is 5.73 Å². The Morgan fingerprint density at radius 1 is 1.23 bits per heavy atom. The molecular weight excluding hydrogens is 276 g/mol. The van der Waals surface area contributed by atoms with Crippen LogP contribution in [-0.4, -0.2) is 29.1 Å². The number of benzene rings is 1. The van der Waals surface area contributed by atoms with Gasteiger partial charge in [-0.25, -0.2) is 9.97 Å². The fourth-order valence-corrected chi connectivity index (χ4v) is 3.42. The van der Waals surface area contributed by atoms with E-state index in [2.05, 4.69) is 16.0 Å². The van der Waals surface area contributed by atoms with Gasteiger partial charge in [0.15, 0.2) is 5.72 Å². The monoisotopic (exact) mass is 300 g/mol. The molecule has 1 atom stereocenters. The number of nitrogens with two attached hydrogens (primary N) is 1. The minimum Gasteiger partial charge on any atom is -0.298 e. The summed E-state index contributed by atoms with van der Waals surface area (Å²) in [7, 11) is 3.77. The minimum atomic E-state index is -0.798. The van der Waals surface area contributed by atoms with E-state index in [1.165, 1.54) is 19.3 Å². The van der Waals surface area contributed by atoms with Crippen LogP contribution in [0.5, 0.6) is 0 Å². The summed E-state index contributed by atoms with van der Waals surface area (Å²) in [6.45, 7) is 0. The van der Waals surface area contributed by atoms with Crippen LogP contribution >= 0.6 is 0 Å². The number of aromatic nitrogens is 2. The number of rotatable bonds is 4. The largest absolute Gasteiger partial charge is 0.298 e. The topological polar surface area (TPSA) is 64.3 Å². The molecule has 0 radical (unpaired) electrons. The zero-order chi connectivity index (χ0) is 15.6. The summed E-state index contributed by atoms with van der Waals surface area (Å²) in [6.07, 6.45) is 9.33. The number of hydroxylamine groups is 2. The molecule has 0 saturated heterocycles. The SMILES string of the molecule is CN(C)OC(N)(c1ccc2ncncc2c1)C1CCCCC1. The fraction of sp³-hybridized carbons (Fsp3) is 0.529. The molecule has 2 N–H and O–H groups in total. The van der Waals surface area contributed by atoms with Gasteiger partial charge in [0.2, 0.25) is 0 Å². The van der Waals surface area contributed by atoms with Crippen molar-refractivity contribution in [2.24, 2.45) is 11.7 Å². The van der Waals surface area contributed by atoms with Gasteiger partial charge in [-0.3, -0.25) is 10.6 Å². The normalized spacial score (nSPS) is 19.5. The Labute approximate surface area is 131 Å². The Balaban J connectivity index is 2.02. The van der Waals surface area contributed by atoms with E-state index in [4.69, 9.17) is 10.6 Å². The van der Waals surface area contributed by atoms with Gasteiger partial charge in [0.1, 0.15) is 6.33 Å². The summed E-state index contributed by atoms with van der Waals surface area (Å²) in [6, 6.07) is 6.09. The lowest BCUT2D eigenvalue weighted by molar-refractivity contribution is -0.250. The van der Waals surface area contributed by atoms with Crippen molar-refractivity contribution in [2.45, 2.75) is 37.8 Å². The highest BCUT2D eigenvalue weighted by atomic mass is 16.7. The number of hydrogen-bond donors (Lipinski definition) is 1. The van der Waals surface area contributed by atoms with Gasteiger partial charge < -0.3 is 0 Å². The molecular formula is C17H24N4O. The number of nitrogens with zero attached hydrogens (tertiary/aromatic N) is 3. The molecule has 118 valence electrons. The molecule has 1 saturated carbocycles. The quantitative estimate of drug-likeness (QED) is 0.695. The van der Waals surface area contributed by atoms with Crippen LogP contribution in [0.1, 0.15) is 37.7 Å². The molecule has 0 spiro atoms. The smallest absolute Gasteiger partial charge is 0.166 e. The van der Waals surface area contributed by atoms with Crippen molar-refractivity contribution >= 4 is 10.9 Å². The summed E-state index contributed by atoms with van der Waals surface area (Å²) in [5.41, 5.74) is 7.90. The van der Waals surface area contributed by atoms with Gasteiger partial charge in [-0.2, -0.15) is 5.06 Å². The summed E-state index contributed by atoms with van der Waals surface area (Å²) < 4.78 is 0. The van der Waals surface area contributed by atoms with Crippen molar-refractivity contribution in [2.75, 3.05) is 14.1 Å². The third-order valence-corrected chi connectivity index (χ3v) is 4.50. The van der Waals surface area contributed by atoms with E-state index >= 15 is 0 Å². The highest BCUT2D eigenvalue weighted by Gasteiger charge is 2.39. The van der Waals surface area contributed by atoms with Gasteiger partial charge in [-0.05, 0) is 25.0 Å². The predicted molar refractivity (Wildman–Crippen MR) is 86.8 cm³/mol. The summed E-state index contributed by atoms with van der Waals surface area (Å²) >= 11 is 0. The Bertz CT molecular complexity index is 639. The maximum Gasteiger partial charge on any atom is 0.166 e. The lowest BCUT2D eigenvalue weighted by Gasteiger charge is -2.41. The minimum absolute atomic E-state index is 0.325. The van der Waals surface area contributed by atoms with Crippen LogP contribution in [0.15, 0.2) is 30.7 Å². The first-order valence-electron chi connectivity index (χ1n) is 7.95. The van der Waals surface area contributed by atoms with E-state index in [1.54, 1.807) is 11.4 Å². The predicted octanol–water partition coefficient (Wildman–Crippen LogP) is 2.81. The Hall–Kier alpha value is -1.56. The van der Waals surface area contributed by atoms with Crippen LogP contribution in [0.25, 0.3) is 10.9 Å². The van der Waals surface area contributed by atoms with Gasteiger partial charge in [0.25, 0.3) is 0 Å². The molecule has 1 unspecified atom stereocenters. The van der Waals surface area contributed by atoms with Gasteiger partial charge in [0, 0.05) is 37.2 Å².